The Morgan fingerprint density at radius 1 is 1.11 bits per heavy atom. The predicted octanol–water partition coefficient (Wildman–Crippen LogP) is 3.38. The molecule has 0 aromatic heterocycles. The fraction of sp³-hybridized carbons (Fsp3) is 0.0714. The highest BCUT2D eigenvalue weighted by molar-refractivity contribution is 5.70. The summed E-state index contributed by atoms with van der Waals surface area (Å²) in [7, 11) is 0. The minimum atomic E-state index is -1.04. The second-order valence-corrected chi connectivity index (χ2v) is 3.89. The molecule has 0 aliphatic heterocycles. The van der Waals surface area contributed by atoms with Gasteiger partial charge in [0, 0.05) is 0 Å². The molecule has 0 heterocycles. The largest absolute Gasteiger partial charge is 0.481 e. The van der Waals surface area contributed by atoms with E-state index in [1.54, 1.807) is 0 Å². The quantitative estimate of drug-likeness (QED) is 0.920. The summed E-state index contributed by atoms with van der Waals surface area (Å²) in [6, 6.07) is 9.07. The number of carboxylic acid groups (broad SMARTS) is 1. The van der Waals surface area contributed by atoms with E-state index < -0.39 is 17.6 Å². The lowest BCUT2D eigenvalue weighted by Gasteiger charge is -2.07. The van der Waals surface area contributed by atoms with E-state index in [-0.39, 0.29) is 12.2 Å². The number of halogens is 2. The van der Waals surface area contributed by atoms with Gasteiger partial charge in [0.15, 0.2) is 11.6 Å². The second kappa shape index (κ2) is 5.48. The van der Waals surface area contributed by atoms with Crippen molar-refractivity contribution in [1.29, 1.82) is 0 Å². The molecular formula is C14H10F2O3. The lowest BCUT2D eigenvalue weighted by atomic mass is 10.1. The molecule has 0 atom stereocenters. The molecule has 0 saturated carbocycles. The Bertz CT molecular complexity index is 594. The molecule has 0 aliphatic carbocycles. The third-order valence-electron chi connectivity index (χ3n) is 2.39. The highest BCUT2D eigenvalue weighted by Gasteiger charge is 2.08. The Kier molecular flexibility index (Phi) is 3.75. The Hall–Kier alpha value is -2.43. The van der Waals surface area contributed by atoms with Crippen LogP contribution in [-0.4, -0.2) is 11.1 Å². The molecule has 0 spiro atoms. The Morgan fingerprint density at radius 3 is 2.37 bits per heavy atom. The topological polar surface area (TPSA) is 46.5 Å². The molecule has 2 rings (SSSR count). The lowest BCUT2D eigenvalue weighted by Crippen LogP contribution is -2.00. The molecule has 0 amide bonds. The molecule has 1 N–H and O–H groups in total. The van der Waals surface area contributed by atoms with E-state index in [9.17, 15) is 13.6 Å². The summed E-state index contributed by atoms with van der Waals surface area (Å²) < 4.78 is 31.6. The van der Waals surface area contributed by atoms with Crippen LogP contribution in [0.15, 0.2) is 42.5 Å². The SMILES string of the molecule is O=C(O)Cc1ccc(Oc2ccc(F)cc2)c(F)c1. The van der Waals surface area contributed by atoms with Crippen molar-refractivity contribution in [1.82, 2.24) is 0 Å². The highest BCUT2D eigenvalue weighted by atomic mass is 19.1. The molecule has 98 valence electrons. The molecular weight excluding hydrogens is 254 g/mol. The van der Waals surface area contributed by atoms with Gasteiger partial charge in [-0.15, -0.1) is 0 Å². The first-order chi connectivity index (χ1) is 9.04. The fourth-order valence-corrected chi connectivity index (χ4v) is 1.54. The van der Waals surface area contributed by atoms with Gasteiger partial charge >= 0.3 is 5.97 Å². The molecule has 0 radical (unpaired) electrons. The van der Waals surface area contributed by atoms with Crippen LogP contribution in [0.25, 0.3) is 0 Å². The average molecular weight is 264 g/mol. The lowest BCUT2D eigenvalue weighted by molar-refractivity contribution is -0.136. The minimum absolute atomic E-state index is 0.0410. The normalized spacial score (nSPS) is 10.2. The van der Waals surface area contributed by atoms with Crippen LogP contribution in [-0.2, 0) is 11.2 Å². The molecule has 3 nitrogen and oxygen atoms in total. The maximum atomic E-state index is 13.7. The van der Waals surface area contributed by atoms with Crippen LogP contribution in [0.5, 0.6) is 11.5 Å². The predicted molar refractivity (Wildman–Crippen MR) is 64.2 cm³/mol. The van der Waals surface area contributed by atoms with E-state index in [0.717, 1.165) is 6.07 Å². The first-order valence-corrected chi connectivity index (χ1v) is 5.48. The van der Waals surface area contributed by atoms with Gasteiger partial charge in [-0.2, -0.15) is 0 Å². The Balaban J connectivity index is 2.17. The molecule has 19 heavy (non-hydrogen) atoms. The summed E-state index contributed by atoms with van der Waals surface area (Å²) in [6.45, 7) is 0. The van der Waals surface area contributed by atoms with E-state index in [2.05, 4.69) is 0 Å². The Labute approximate surface area is 108 Å². The summed E-state index contributed by atoms with van der Waals surface area (Å²) in [4.78, 5) is 10.5. The van der Waals surface area contributed by atoms with E-state index in [4.69, 9.17) is 9.84 Å². The molecule has 2 aromatic rings. The van der Waals surface area contributed by atoms with Crippen molar-refractivity contribution in [3.8, 4) is 11.5 Å². The minimum Gasteiger partial charge on any atom is -0.481 e. The maximum absolute atomic E-state index is 13.7. The van der Waals surface area contributed by atoms with Crippen molar-refractivity contribution in [2.24, 2.45) is 0 Å². The van der Waals surface area contributed by atoms with Crippen molar-refractivity contribution >= 4 is 5.97 Å². The molecule has 5 heteroatoms. The zero-order chi connectivity index (χ0) is 13.8. The first-order valence-electron chi connectivity index (χ1n) is 5.48. The van der Waals surface area contributed by atoms with Crippen LogP contribution in [0.1, 0.15) is 5.56 Å². The zero-order valence-electron chi connectivity index (χ0n) is 9.77. The molecule has 0 fully saturated rings. The third-order valence-corrected chi connectivity index (χ3v) is 2.39. The van der Waals surface area contributed by atoms with Gasteiger partial charge < -0.3 is 9.84 Å². The average Bonchev–Trinajstić information content (AvgIpc) is 2.34. The van der Waals surface area contributed by atoms with Crippen molar-refractivity contribution in [2.75, 3.05) is 0 Å². The fourth-order valence-electron chi connectivity index (χ4n) is 1.54. The Morgan fingerprint density at radius 2 is 1.79 bits per heavy atom. The van der Waals surface area contributed by atoms with Gasteiger partial charge in [-0.3, -0.25) is 4.79 Å². The maximum Gasteiger partial charge on any atom is 0.307 e. The van der Waals surface area contributed by atoms with E-state index in [1.807, 2.05) is 0 Å². The van der Waals surface area contributed by atoms with Gasteiger partial charge in [0.2, 0.25) is 0 Å². The van der Waals surface area contributed by atoms with Gasteiger partial charge in [-0.05, 0) is 42.0 Å². The van der Waals surface area contributed by atoms with Gasteiger partial charge in [0.05, 0.1) is 6.42 Å². The van der Waals surface area contributed by atoms with Crippen LogP contribution in [0.2, 0.25) is 0 Å². The molecule has 0 saturated heterocycles. The first kappa shape index (κ1) is 13.0. The number of carbonyl (C=O) groups is 1. The van der Waals surface area contributed by atoms with Crippen LogP contribution in [0, 0.1) is 11.6 Å². The van der Waals surface area contributed by atoms with Crippen molar-refractivity contribution in [3.63, 3.8) is 0 Å². The number of carboxylic acids is 1. The number of hydrogen-bond donors (Lipinski definition) is 1. The van der Waals surface area contributed by atoms with Gasteiger partial charge in [-0.25, -0.2) is 8.78 Å². The molecule has 0 unspecified atom stereocenters. The number of rotatable bonds is 4. The standard InChI is InChI=1S/C14H10F2O3/c15-10-2-4-11(5-3-10)19-13-6-1-9(7-12(13)16)8-14(17)18/h1-7H,8H2,(H,17,18). The summed E-state index contributed by atoms with van der Waals surface area (Å²) in [5.41, 5.74) is 0.344. The van der Waals surface area contributed by atoms with Crippen LogP contribution >= 0.6 is 0 Å². The van der Waals surface area contributed by atoms with E-state index in [1.165, 1.54) is 36.4 Å². The van der Waals surface area contributed by atoms with Crippen molar-refractivity contribution in [2.45, 2.75) is 6.42 Å². The summed E-state index contributed by atoms with van der Waals surface area (Å²) in [6.07, 6.45) is -0.256. The van der Waals surface area contributed by atoms with Crippen LogP contribution in [0.3, 0.4) is 0 Å². The smallest absolute Gasteiger partial charge is 0.307 e. The molecule has 0 bridgehead atoms. The number of benzene rings is 2. The second-order valence-electron chi connectivity index (χ2n) is 3.89. The summed E-state index contributed by atoms with van der Waals surface area (Å²) in [5, 5.41) is 8.60. The van der Waals surface area contributed by atoms with Crippen LogP contribution in [0.4, 0.5) is 8.78 Å². The van der Waals surface area contributed by atoms with Crippen LogP contribution < -0.4 is 4.74 Å². The summed E-state index contributed by atoms with van der Waals surface area (Å²) >= 11 is 0. The number of aliphatic carboxylic acids is 1. The van der Waals surface area contributed by atoms with Gasteiger partial charge in [0.25, 0.3) is 0 Å². The monoisotopic (exact) mass is 264 g/mol. The van der Waals surface area contributed by atoms with E-state index in [0.29, 0.717) is 11.3 Å². The van der Waals surface area contributed by atoms with Gasteiger partial charge in [0.1, 0.15) is 11.6 Å². The zero-order valence-corrected chi connectivity index (χ0v) is 9.77. The van der Waals surface area contributed by atoms with E-state index >= 15 is 0 Å². The number of ether oxygens (including phenoxy) is 1. The molecule has 2 aromatic carbocycles. The summed E-state index contributed by atoms with van der Waals surface area (Å²) in [5.74, 6) is -1.86. The molecule has 0 aliphatic rings. The highest BCUT2D eigenvalue weighted by Crippen LogP contribution is 2.25. The van der Waals surface area contributed by atoms with Crippen molar-refractivity contribution < 1.29 is 23.4 Å². The number of hydrogen-bond acceptors (Lipinski definition) is 2. The van der Waals surface area contributed by atoms with Crippen molar-refractivity contribution in [3.05, 3.63) is 59.7 Å². The van der Waals surface area contributed by atoms with Gasteiger partial charge in [-0.1, -0.05) is 6.07 Å². The third kappa shape index (κ3) is 3.51.